The second-order valence-electron chi connectivity index (χ2n) is 18.3. The number of hydrogen-bond donors (Lipinski definition) is 1. The van der Waals surface area contributed by atoms with E-state index in [1.54, 1.807) is 58.0 Å². The number of Topliss-reactive ketones (excluding diaryl/α,β-unsaturated/α-hetero) is 1. The molecule has 1 heterocycles. The smallest absolute Gasteiger partial charge is 0.338 e. The number of benzene rings is 3. The molecule has 13 heteroatoms. The molecular weight excluding hydrogens is 809 g/mol. The topological polar surface area (TPSA) is 170 Å². The third kappa shape index (κ3) is 8.13. The van der Waals surface area contributed by atoms with Gasteiger partial charge >= 0.3 is 23.9 Å². The van der Waals surface area contributed by atoms with E-state index in [4.69, 9.17) is 33.2 Å². The molecule has 63 heavy (non-hydrogen) atoms. The van der Waals surface area contributed by atoms with E-state index >= 15 is 4.79 Å². The Morgan fingerprint density at radius 2 is 1.48 bits per heavy atom. The Morgan fingerprint density at radius 3 is 2.06 bits per heavy atom. The van der Waals surface area contributed by atoms with Crippen LogP contribution in [0.25, 0.3) is 0 Å². The number of rotatable bonds is 13. The van der Waals surface area contributed by atoms with Gasteiger partial charge in [-0.25, -0.2) is 9.59 Å². The molecule has 1 saturated heterocycles. The molecule has 336 valence electrons. The van der Waals surface area contributed by atoms with Crippen LogP contribution >= 0.6 is 0 Å². The van der Waals surface area contributed by atoms with Gasteiger partial charge in [0.2, 0.25) is 0 Å². The molecule has 2 saturated carbocycles. The maximum absolute atomic E-state index is 15.7. The average Bonchev–Trinajstić information content (AvgIpc) is 3.25. The average molecular weight is 867 g/mol. The van der Waals surface area contributed by atoms with Crippen LogP contribution < -0.4 is 0 Å². The Labute approximate surface area is 368 Å². The van der Waals surface area contributed by atoms with Crippen LogP contribution in [0.2, 0.25) is 0 Å². The van der Waals surface area contributed by atoms with Crippen molar-refractivity contribution in [3.63, 3.8) is 0 Å². The van der Waals surface area contributed by atoms with E-state index in [0.717, 1.165) is 11.1 Å². The predicted molar refractivity (Wildman–Crippen MR) is 228 cm³/mol. The molecule has 2 bridgehead atoms. The summed E-state index contributed by atoms with van der Waals surface area (Å²) in [7, 11) is 0. The number of carbonyl (C=O) groups excluding carboxylic acids is 5. The van der Waals surface area contributed by atoms with Crippen molar-refractivity contribution in [2.24, 2.45) is 22.7 Å². The Kier molecular flexibility index (Phi) is 12.9. The third-order valence-corrected chi connectivity index (χ3v) is 14.4. The SMILES string of the molecule is CC(=O)O[C@H]1C(=O)[C@@]2(C)[C@H]([C@H](OC(=O)c3ccccc3)[C@]3(O)C[C@H](OC(=O)[C@@H](OCOCc4ccccc4)[C@@H](C)c4ccccc4)C(C)=C1C3(C)C)[C@]1(OC(C)=O)CO[C@@H]1C[C@@H]2C. The minimum Gasteiger partial charge on any atom is -0.456 e. The fourth-order valence-electron chi connectivity index (χ4n) is 10.7. The van der Waals surface area contributed by atoms with E-state index in [1.165, 1.54) is 13.8 Å². The second kappa shape index (κ2) is 17.8. The van der Waals surface area contributed by atoms with Crippen LogP contribution in [0.3, 0.4) is 0 Å². The largest absolute Gasteiger partial charge is 0.456 e. The Morgan fingerprint density at radius 1 is 0.857 bits per heavy atom. The zero-order valence-corrected chi connectivity index (χ0v) is 37.2. The lowest BCUT2D eigenvalue weighted by Crippen LogP contribution is -2.80. The number of fused-ring (bicyclic) bond motifs is 5. The molecule has 1 N–H and O–H groups in total. The molecule has 0 spiro atoms. The molecule has 13 nitrogen and oxygen atoms in total. The highest BCUT2D eigenvalue weighted by molar-refractivity contribution is 5.95. The van der Waals surface area contributed by atoms with Crippen molar-refractivity contribution in [2.45, 2.75) is 122 Å². The molecule has 0 radical (unpaired) electrons. The Balaban J connectivity index is 1.36. The number of ether oxygens (including phenoxy) is 7. The van der Waals surface area contributed by atoms with Crippen molar-refractivity contribution in [2.75, 3.05) is 13.4 Å². The lowest BCUT2D eigenvalue weighted by Gasteiger charge is -2.68. The molecule has 11 atom stereocenters. The third-order valence-electron chi connectivity index (χ3n) is 14.4. The maximum Gasteiger partial charge on any atom is 0.338 e. The van der Waals surface area contributed by atoms with Gasteiger partial charge in [-0.15, -0.1) is 0 Å². The first-order valence-electron chi connectivity index (χ1n) is 21.6. The molecule has 3 fully saturated rings. The number of ketones is 1. The summed E-state index contributed by atoms with van der Waals surface area (Å²) in [6, 6.07) is 27.0. The highest BCUT2D eigenvalue weighted by atomic mass is 16.7. The Bertz CT molecular complexity index is 2220. The van der Waals surface area contributed by atoms with Crippen molar-refractivity contribution in [3.8, 4) is 0 Å². The molecule has 0 unspecified atom stereocenters. The lowest BCUT2D eigenvalue weighted by atomic mass is 9.43. The summed E-state index contributed by atoms with van der Waals surface area (Å²) >= 11 is 0. The molecule has 3 aromatic carbocycles. The molecule has 4 aliphatic rings. The summed E-state index contributed by atoms with van der Waals surface area (Å²) in [5, 5.41) is 13.9. The summed E-state index contributed by atoms with van der Waals surface area (Å²) in [6.07, 6.45) is -6.45. The lowest BCUT2D eigenvalue weighted by molar-refractivity contribution is -0.340. The number of hydrogen-bond acceptors (Lipinski definition) is 13. The molecule has 0 aromatic heterocycles. The fraction of sp³-hybridized carbons (Fsp3) is 0.500. The molecule has 7 rings (SSSR count). The normalized spacial score (nSPS) is 31.7. The summed E-state index contributed by atoms with van der Waals surface area (Å²) in [4.78, 5) is 71.0. The van der Waals surface area contributed by atoms with E-state index < -0.39 is 100.0 Å². The van der Waals surface area contributed by atoms with Crippen molar-refractivity contribution in [1.82, 2.24) is 0 Å². The minimum atomic E-state index is -2.19. The fourth-order valence-corrected chi connectivity index (χ4v) is 10.7. The maximum atomic E-state index is 15.7. The summed E-state index contributed by atoms with van der Waals surface area (Å²) in [5.41, 5.74) is -4.36. The Hall–Kier alpha value is -5.21. The van der Waals surface area contributed by atoms with Gasteiger partial charge in [0.15, 0.2) is 23.6 Å². The van der Waals surface area contributed by atoms with Crippen LogP contribution in [-0.4, -0.2) is 89.9 Å². The first kappa shape index (κ1) is 45.8. The summed E-state index contributed by atoms with van der Waals surface area (Å²) in [6.45, 7) is 12.7. The van der Waals surface area contributed by atoms with E-state index in [0.29, 0.717) is 5.57 Å². The van der Waals surface area contributed by atoms with Crippen LogP contribution in [0.15, 0.2) is 102 Å². The summed E-state index contributed by atoms with van der Waals surface area (Å²) in [5.74, 6) is -5.87. The van der Waals surface area contributed by atoms with Gasteiger partial charge < -0.3 is 38.3 Å². The highest BCUT2D eigenvalue weighted by Crippen LogP contribution is 2.65. The molecular formula is C50H58O13. The second-order valence-corrected chi connectivity index (χ2v) is 18.3. The zero-order chi connectivity index (χ0) is 45.5. The number of esters is 4. The van der Waals surface area contributed by atoms with Crippen LogP contribution in [0.5, 0.6) is 0 Å². The number of aliphatic hydroxyl groups is 1. The highest BCUT2D eigenvalue weighted by Gasteiger charge is 2.77. The first-order chi connectivity index (χ1) is 29.9. The van der Waals surface area contributed by atoms with E-state index in [9.17, 15) is 24.3 Å². The van der Waals surface area contributed by atoms with Gasteiger partial charge in [-0.05, 0) is 53.7 Å². The quantitative estimate of drug-likeness (QED) is 0.0624. The standard InChI is InChI=1S/C50H58O13/c1-29-24-38-49(27-58-38,63-33(5)52)42-44(62-45(54)36-22-16-11-17-23-36)50(56)25-37(31(3)39(47(50,6)7)41(60-32(4)51)43(53)48(29,42)8)61-46(55)40(30(2)35-20-14-10-15-21-35)59-28-57-26-34-18-12-9-13-19-34/h9-23,29-30,37-38,40-42,44,56H,24-28H2,1-8H3/t29-,30-,37-,38+,40-,41+,42-,44-,48+,49-,50+/m0/s1. The monoisotopic (exact) mass is 866 g/mol. The molecule has 0 amide bonds. The first-order valence-corrected chi connectivity index (χ1v) is 21.6. The van der Waals surface area contributed by atoms with Gasteiger partial charge in [0.05, 0.1) is 24.7 Å². The van der Waals surface area contributed by atoms with Crippen molar-refractivity contribution < 1.29 is 62.2 Å². The van der Waals surface area contributed by atoms with Crippen LogP contribution in [0.1, 0.15) is 95.6 Å². The predicted octanol–water partition coefficient (Wildman–Crippen LogP) is 6.84. The molecule has 1 aliphatic heterocycles. The van der Waals surface area contributed by atoms with E-state index in [1.807, 2.05) is 74.5 Å². The van der Waals surface area contributed by atoms with Crippen molar-refractivity contribution >= 4 is 29.7 Å². The number of carbonyl (C=O) groups is 5. The van der Waals surface area contributed by atoms with Gasteiger partial charge in [0.1, 0.15) is 30.7 Å². The van der Waals surface area contributed by atoms with Gasteiger partial charge in [-0.1, -0.05) is 113 Å². The van der Waals surface area contributed by atoms with Gasteiger partial charge in [-0.3, -0.25) is 14.4 Å². The molecule has 3 aromatic rings. The molecule has 3 aliphatic carbocycles. The van der Waals surface area contributed by atoms with Crippen molar-refractivity contribution in [1.29, 1.82) is 0 Å². The van der Waals surface area contributed by atoms with Crippen LogP contribution in [-0.2, 0) is 58.9 Å². The zero-order valence-electron chi connectivity index (χ0n) is 37.2. The van der Waals surface area contributed by atoms with Crippen molar-refractivity contribution in [3.05, 3.63) is 119 Å². The summed E-state index contributed by atoms with van der Waals surface area (Å²) < 4.78 is 43.4. The van der Waals surface area contributed by atoms with E-state index in [-0.39, 0.29) is 44.0 Å². The van der Waals surface area contributed by atoms with E-state index in [2.05, 4.69) is 0 Å². The van der Waals surface area contributed by atoms with Gasteiger partial charge in [0.25, 0.3) is 0 Å². The van der Waals surface area contributed by atoms with Crippen LogP contribution in [0, 0.1) is 22.7 Å². The minimum absolute atomic E-state index is 0.158. The van der Waals surface area contributed by atoms with Gasteiger partial charge in [0, 0.05) is 37.0 Å². The van der Waals surface area contributed by atoms with Crippen LogP contribution in [0.4, 0.5) is 0 Å². The van der Waals surface area contributed by atoms with Gasteiger partial charge in [-0.2, -0.15) is 0 Å².